The number of amides is 3. The second-order valence-electron chi connectivity index (χ2n) is 8.19. The van der Waals surface area contributed by atoms with E-state index in [4.69, 9.17) is 0 Å². The van der Waals surface area contributed by atoms with Crippen molar-refractivity contribution < 1.29 is 19.2 Å². The van der Waals surface area contributed by atoms with Crippen LogP contribution < -0.4 is 10.6 Å². The molecule has 3 amide bonds. The third kappa shape index (κ3) is 7.62. The molecule has 0 saturated carbocycles. The third-order valence-corrected chi connectivity index (χ3v) is 4.52. The molecule has 2 rings (SSSR count). The highest BCUT2D eigenvalue weighted by molar-refractivity contribution is 6.12. The molecule has 1 aromatic rings. The van der Waals surface area contributed by atoms with Gasteiger partial charge in [0, 0.05) is 43.1 Å². The van der Waals surface area contributed by atoms with Gasteiger partial charge in [-0.15, -0.1) is 0 Å². The van der Waals surface area contributed by atoms with Gasteiger partial charge in [-0.2, -0.15) is 0 Å². The number of rotatable bonds is 10. The summed E-state index contributed by atoms with van der Waals surface area (Å²) in [7, 11) is 0. The number of nitrogens with zero attached hydrogens (tertiary/aromatic N) is 1. The van der Waals surface area contributed by atoms with E-state index in [1.807, 2.05) is 51.1 Å². The van der Waals surface area contributed by atoms with Crippen LogP contribution in [0.3, 0.4) is 0 Å². The van der Waals surface area contributed by atoms with Crippen molar-refractivity contribution in [2.75, 3.05) is 19.6 Å². The van der Waals surface area contributed by atoms with Crippen LogP contribution in [0.25, 0.3) is 0 Å². The number of carbonyl (C=O) groups is 4. The summed E-state index contributed by atoms with van der Waals surface area (Å²) < 4.78 is 0. The minimum Gasteiger partial charge on any atom is -0.354 e. The van der Waals surface area contributed by atoms with E-state index >= 15 is 0 Å². The topological polar surface area (TPSA) is 95.6 Å². The van der Waals surface area contributed by atoms with Crippen LogP contribution in [0.2, 0.25) is 0 Å². The molecule has 7 heteroatoms. The van der Waals surface area contributed by atoms with Crippen LogP contribution in [0.15, 0.2) is 42.5 Å². The minimum atomic E-state index is -0.519. The first-order chi connectivity index (χ1) is 13.7. The molecule has 0 aromatic heterocycles. The van der Waals surface area contributed by atoms with Gasteiger partial charge in [-0.25, -0.2) is 0 Å². The van der Waals surface area contributed by atoms with Gasteiger partial charge in [0.2, 0.25) is 5.91 Å². The number of carbonyl (C=O) groups excluding carboxylic acids is 4. The van der Waals surface area contributed by atoms with Crippen molar-refractivity contribution in [3.63, 3.8) is 0 Å². The van der Waals surface area contributed by atoms with Gasteiger partial charge in [-0.3, -0.25) is 24.1 Å². The molecular weight excluding hydrogens is 370 g/mol. The largest absolute Gasteiger partial charge is 0.354 e. The Hall–Kier alpha value is -2.80. The molecule has 0 bridgehead atoms. The number of Topliss-reactive ketones (excluding diaryl/α,β-unsaturated/α-hetero) is 1. The zero-order valence-electron chi connectivity index (χ0n) is 17.2. The van der Waals surface area contributed by atoms with Crippen molar-refractivity contribution in [3.05, 3.63) is 48.0 Å². The van der Waals surface area contributed by atoms with Gasteiger partial charge in [-0.1, -0.05) is 30.3 Å². The van der Waals surface area contributed by atoms with Crippen LogP contribution in [0.4, 0.5) is 0 Å². The van der Waals surface area contributed by atoms with Crippen molar-refractivity contribution in [2.24, 2.45) is 5.92 Å². The maximum Gasteiger partial charge on any atom is 0.253 e. The lowest BCUT2D eigenvalue weighted by molar-refractivity contribution is -0.137. The predicted molar refractivity (Wildman–Crippen MR) is 110 cm³/mol. The van der Waals surface area contributed by atoms with Gasteiger partial charge in [-0.05, 0) is 32.8 Å². The number of ketones is 1. The van der Waals surface area contributed by atoms with Crippen LogP contribution in [0.1, 0.15) is 32.8 Å². The highest BCUT2D eigenvalue weighted by Crippen LogP contribution is 2.14. The average molecular weight is 399 g/mol. The molecule has 29 heavy (non-hydrogen) atoms. The quantitative estimate of drug-likeness (QED) is 0.577. The predicted octanol–water partition coefficient (Wildman–Crippen LogP) is 1.23. The zero-order chi connectivity index (χ0) is 21.4. The first kappa shape index (κ1) is 22.5. The molecule has 7 nitrogen and oxygen atoms in total. The Bertz CT molecular complexity index is 763. The highest BCUT2D eigenvalue weighted by Gasteiger charge is 2.25. The van der Waals surface area contributed by atoms with Gasteiger partial charge in [0.05, 0.1) is 6.54 Å². The van der Waals surface area contributed by atoms with E-state index < -0.39 is 5.92 Å². The minimum absolute atomic E-state index is 0.0369. The lowest BCUT2D eigenvalue weighted by atomic mass is 9.93. The maximum atomic E-state index is 12.7. The Morgan fingerprint density at radius 1 is 1.03 bits per heavy atom. The van der Waals surface area contributed by atoms with Gasteiger partial charge in [0.25, 0.3) is 11.8 Å². The molecule has 0 spiro atoms. The number of hydrogen-bond acceptors (Lipinski definition) is 5. The summed E-state index contributed by atoms with van der Waals surface area (Å²) in [5.41, 5.74) is 0.786. The number of hydrogen-bond donors (Lipinski definition) is 2. The Labute approximate surface area is 171 Å². The summed E-state index contributed by atoms with van der Waals surface area (Å²) in [5, 5.41) is 5.91. The molecule has 156 valence electrons. The molecule has 1 aliphatic heterocycles. The molecule has 0 fully saturated rings. The summed E-state index contributed by atoms with van der Waals surface area (Å²) in [4.78, 5) is 49.4. The normalized spacial score (nSPS) is 14.9. The Morgan fingerprint density at radius 3 is 2.24 bits per heavy atom. The molecule has 1 unspecified atom stereocenters. The molecule has 0 aliphatic carbocycles. The fourth-order valence-corrected chi connectivity index (χ4v) is 2.95. The first-order valence-electron chi connectivity index (χ1n) is 9.77. The van der Waals surface area contributed by atoms with Crippen molar-refractivity contribution in [3.8, 4) is 0 Å². The van der Waals surface area contributed by atoms with E-state index in [1.165, 1.54) is 12.2 Å². The first-order valence-corrected chi connectivity index (χ1v) is 9.77. The van der Waals surface area contributed by atoms with Crippen LogP contribution in [-0.4, -0.2) is 53.6 Å². The van der Waals surface area contributed by atoms with Crippen LogP contribution >= 0.6 is 0 Å². The smallest absolute Gasteiger partial charge is 0.253 e. The van der Waals surface area contributed by atoms with Gasteiger partial charge < -0.3 is 10.6 Å². The van der Waals surface area contributed by atoms with Crippen molar-refractivity contribution in [2.45, 2.75) is 39.2 Å². The average Bonchev–Trinajstić information content (AvgIpc) is 2.98. The number of imide groups is 1. The second-order valence-corrected chi connectivity index (χ2v) is 8.19. The van der Waals surface area contributed by atoms with Gasteiger partial charge in [0.1, 0.15) is 5.78 Å². The van der Waals surface area contributed by atoms with Crippen molar-refractivity contribution in [1.29, 1.82) is 0 Å². The standard InChI is InChI=1S/C22H29N3O4/c1-22(2,3)24-15-18(26)14-17(13-16-7-5-4-6-8-16)21(29)23-11-12-25-19(27)9-10-20(25)28/h4-10,17,24H,11-15H2,1-3H3,(H,23,29). The third-order valence-electron chi connectivity index (χ3n) is 4.52. The summed E-state index contributed by atoms with van der Waals surface area (Å²) in [5.74, 6) is -1.58. The van der Waals surface area contributed by atoms with Crippen LogP contribution in [0, 0.1) is 5.92 Å². The lowest BCUT2D eigenvalue weighted by Gasteiger charge is -2.22. The fourth-order valence-electron chi connectivity index (χ4n) is 2.95. The Balaban J connectivity index is 1.94. The fraction of sp³-hybridized carbons (Fsp3) is 0.455. The maximum absolute atomic E-state index is 12.7. The lowest BCUT2D eigenvalue weighted by Crippen LogP contribution is -2.42. The van der Waals surface area contributed by atoms with Gasteiger partial charge >= 0.3 is 0 Å². The number of nitrogens with one attached hydrogen (secondary N) is 2. The molecule has 2 N–H and O–H groups in total. The zero-order valence-corrected chi connectivity index (χ0v) is 17.2. The summed E-state index contributed by atoms with van der Waals surface area (Å²) in [6, 6.07) is 9.53. The molecule has 1 heterocycles. The molecule has 1 atom stereocenters. The summed E-state index contributed by atoms with van der Waals surface area (Å²) in [6.45, 7) is 6.38. The molecule has 0 saturated heterocycles. The molecule has 1 aromatic carbocycles. The number of benzene rings is 1. The van der Waals surface area contributed by atoms with E-state index in [2.05, 4.69) is 10.6 Å². The van der Waals surface area contributed by atoms with E-state index in [-0.39, 0.29) is 55.1 Å². The van der Waals surface area contributed by atoms with Gasteiger partial charge in [0.15, 0.2) is 0 Å². The Morgan fingerprint density at radius 2 is 1.66 bits per heavy atom. The van der Waals surface area contributed by atoms with E-state index in [0.29, 0.717) is 6.42 Å². The molecular formula is C22H29N3O4. The second kappa shape index (κ2) is 10.1. The van der Waals surface area contributed by atoms with E-state index in [1.54, 1.807) is 0 Å². The van der Waals surface area contributed by atoms with Crippen LogP contribution in [-0.2, 0) is 25.6 Å². The van der Waals surface area contributed by atoms with Crippen molar-refractivity contribution >= 4 is 23.5 Å². The monoisotopic (exact) mass is 399 g/mol. The van der Waals surface area contributed by atoms with E-state index in [9.17, 15) is 19.2 Å². The summed E-state index contributed by atoms with van der Waals surface area (Å²) in [6.07, 6.45) is 2.98. The SMILES string of the molecule is CC(C)(C)NCC(=O)CC(Cc1ccccc1)C(=O)NCCN1C(=O)C=CC1=O. The van der Waals surface area contributed by atoms with Crippen LogP contribution in [0.5, 0.6) is 0 Å². The summed E-state index contributed by atoms with van der Waals surface area (Å²) >= 11 is 0. The highest BCUT2D eigenvalue weighted by atomic mass is 16.2. The Kier molecular flexibility index (Phi) is 7.84. The van der Waals surface area contributed by atoms with Crippen molar-refractivity contribution in [1.82, 2.24) is 15.5 Å². The molecule has 0 radical (unpaired) electrons. The van der Waals surface area contributed by atoms with E-state index in [0.717, 1.165) is 10.5 Å². The molecule has 1 aliphatic rings.